The number of aromatic amines is 1. The van der Waals surface area contributed by atoms with Gasteiger partial charge in [-0.05, 0) is 33.5 Å². The zero-order valence-electron chi connectivity index (χ0n) is 17.2. The molecule has 0 fully saturated rings. The Morgan fingerprint density at radius 3 is 2.55 bits per heavy atom. The Morgan fingerprint density at radius 2 is 1.87 bits per heavy atom. The van der Waals surface area contributed by atoms with Crippen molar-refractivity contribution >= 4 is 11.6 Å². The Kier molecular flexibility index (Phi) is 6.47. The van der Waals surface area contributed by atoms with Gasteiger partial charge >= 0.3 is 0 Å². The van der Waals surface area contributed by atoms with E-state index in [0.717, 1.165) is 47.3 Å². The van der Waals surface area contributed by atoms with Crippen LogP contribution in [0.5, 0.6) is 0 Å². The Labute approximate surface area is 185 Å². The lowest BCUT2D eigenvalue weighted by Crippen LogP contribution is -2.05. The summed E-state index contributed by atoms with van der Waals surface area (Å²) in [7, 11) is 0. The van der Waals surface area contributed by atoms with Gasteiger partial charge in [0.25, 0.3) is 0 Å². The number of hydrogen-bond acceptors (Lipinski definition) is 6. The van der Waals surface area contributed by atoms with Crippen molar-refractivity contribution in [2.75, 3.05) is 0 Å². The molecule has 4 aromatic rings. The number of hydrogen-bond donors (Lipinski definition) is 2. The van der Waals surface area contributed by atoms with Gasteiger partial charge in [0.05, 0.1) is 6.54 Å². The molecule has 31 heavy (non-hydrogen) atoms. The first-order chi connectivity index (χ1) is 15.2. The number of H-pyrrole nitrogens is 1. The van der Waals surface area contributed by atoms with E-state index in [2.05, 4.69) is 68.0 Å². The minimum absolute atomic E-state index is 0.206. The third-order valence-electron chi connectivity index (χ3n) is 5.17. The van der Waals surface area contributed by atoms with Crippen molar-refractivity contribution in [3.05, 3.63) is 70.8 Å². The zero-order valence-corrected chi connectivity index (χ0v) is 18.0. The number of nitrogens with zero attached hydrogens (tertiary/aromatic N) is 6. The molecule has 9 heteroatoms. The maximum atomic E-state index is 7.15. The molecule has 0 spiro atoms. The van der Waals surface area contributed by atoms with Gasteiger partial charge in [-0.2, -0.15) is 5.11 Å². The van der Waals surface area contributed by atoms with Crippen LogP contribution in [-0.4, -0.2) is 30.2 Å². The molecule has 0 aliphatic carbocycles. The van der Waals surface area contributed by atoms with Crippen LogP contribution in [0.3, 0.4) is 0 Å². The number of imidazole rings is 1. The Morgan fingerprint density at radius 1 is 1.10 bits per heavy atom. The summed E-state index contributed by atoms with van der Waals surface area (Å²) in [5, 5.41) is 18.3. The molecule has 0 saturated carbocycles. The predicted molar refractivity (Wildman–Crippen MR) is 119 cm³/mol. The van der Waals surface area contributed by atoms with Gasteiger partial charge < -0.3 is 4.57 Å². The number of halogens is 1. The van der Waals surface area contributed by atoms with Crippen molar-refractivity contribution in [2.45, 2.75) is 39.3 Å². The maximum Gasteiger partial charge on any atom is 0.180 e. The molecule has 0 aliphatic heterocycles. The molecule has 0 atom stereocenters. The van der Waals surface area contributed by atoms with Gasteiger partial charge in [0.2, 0.25) is 0 Å². The average molecular weight is 435 g/mol. The highest BCUT2D eigenvalue weighted by Crippen LogP contribution is 2.30. The SMILES string of the molecule is CCCCc1nc(CN=N)c(Cl)n1Cc1ccc(-c2ccccc2-c2nnn[nH]2)cc1. The van der Waals surface area contributed by atoms with Crippen molar-refractivity contribution < 1.29 is 0 Å². The lowest BCUT2D eigenvalue weighted by molar-refractivity contribution is 0.678. The lowest BCUT2D eigenvalue weighted by Gasteiger charge is -2.11. The third kappa shape index (κ3) is 4.54. The minimum Gasteiger partial charge on any atom is -0.314 e. The number of unbranched alkanes of at least 4 members (excludes halogenated alkanes) is 1. The van der Waals surface area contributed by atoms with Crippen molar-refractivity contribution in [3.63, 3.8) is 0 Å². The quantitative estimate of drug-likeness (QED) is 0.348. The van der Waals surface area contributed by atoms with Crippen LogP contribution < -0.4 is 0 Å². The molecule has 4 rings (SSSR count). The number of benzene rings is 2. The molecular formula is C22H23ClN8. The summed E-state index contributed by atoms with van der Waals surface area (Å²) >= 11 is 6.58. The number of tetrazole rings is 1. The van der Waals surface area contributed by atoms with Crippen molar-refractivity contribution in [2.24, 2.45) is 5.11 Å². The summed E-state index contributed by atoms with van der Waals surface area (Å²) in [6, 6.07) is 16.4. The van der Waals surface area contributed by atoms with Crippen LogP contribution in [-0.2, 0) is 19.5 Å². The molecule has 2 N–H and O–H groups in total. The highest BCUT2D eigenvalue weighted by molar-refractivity contribution is 6.30. The second-order valence-electron chi connectivity index (χ2n) is 7.26. The van der Waals surface area contributed by atoms with Crippen LogP contribution in [0.2, 0.25) is 5.15 Å². The molecule has 8 nitrogen and oxygen atoms in total. The highest BCUT2D eigenvalue weighted by atomic mass is 35.5. The summed E-state index contributed by atoms with van der Waals surface area (Å²) in [5.74, 6) is 1.58. The van der Waals surface area contributed by atoms with E-state index in [-0.39, 0.29) is 6.54 Å². The normalized spacial score (nSPS) is 11.0. The second-order valence-corrected chi connectivity index (χ2v) is 7.62. The summed E-state index contributed by atoms with van der Waals surface area (Å²) < 4.78 is 2.03. The van der Waals surface area contributed by atoms with Gasteiger partial charge in [-0.3, -0.25) is 0 Å². The third-order valence-corrected chi connectivity index (χ3v) is 5.59. The largest absolute Gasteiger partial charge is 0.314 e. The van der Waals surface area contributed by atoms with E-state index in [4.69, 9.17) is 17.1 Å². The lowest BCUT2D eigenvalue weighted by atomic mass is 9.98. The minimum atomic E-state index is 0.206. The Balaban J connectivity index is 1.61. The van der Waals surface area contributed by atoms with Crippen molar-refractivity contribution in [1.29, 1.82) is 5.53 Å². The van der Waals surface area contributed by atoms with E-state index < -0.39 is 0 Å². The van der Waals surface area contributed by atoms with Crippen LogP contribution in [0, 0.1) is 5.53 Å². The summed E-state index contributed by atoms with van der Waals surface area (Å²) in [6.45, 7) is 2.98. The van der Waals surface area contributed by atoms with E-state index in [9.17, 15) is 0 Å². The first-order valence-corrected chi connectivity index (χ1v) is 10.6. The van der Waals surface area contributed by atoms with Crippen LogP contribution in [0.25, 0.3) is 22.5 Å². The first-order valence-electron chi connectivity index (χ1n) is 10.2. The molecule has 0 radical (unpaired) electrons. The fraction of sp³-hybridized carbons (Fsp3) is 0.273. The monoisotopic (exact) mass is 434 g/mol. The van der Waals surface area contributed by atoms with E-state index in [1.165, 1.54) is 0 Å². The molecule has 2 aromatic heterocycles. The van der Waals surface area contributed by atoms with E-state index in [1.807, 2.05) is 22.8 Å². The van der Waals surface area contributed by atoms with E-state index in [0.29, 0.717) is 23.2 Å². The molecule has 158 valence electrons. The zero-order chi connectivity index (χ0) is 21.6. The topological polar surface area (TPSA) is 108 Å². The van der Waals surface area contributed by atoms with Crippen molar-refractivity contribution in [1.82, 2.24) is 30.2 Å². The van der Waals surface area contributed by atoms with Crippen LogP contribution in [0.4, 0.5) is 0 Å². The van der Waals surface area contributed by atoms with Gasteiger partial charge in [0, 0.05) is 12.0 Å². The molecule has 0 unspecified atom stereocenters. The second kappa shape index (κ2) is 9.61. The molecule has 0 bridgehead atoms. The number of aromatic nitrogens is 6. The summed E-state index contributed by atoms with van der Waals surface area (Å²) in [4.78, 5) is 4.63. The number of nitrogens with one attached hydrogen (secondary N) is 2. The van der Waals surface area contributed by atoms with Gasteiger partial charge in [0.1, 0.15) is 23.2 Å². The van der Waals surface area contributed by atoms with Gasteiger partial charge in [-0.1, -0.05) is 73.5 Å². The average Bonchev–Trinajstić information content (AvgIpc) is 3.43. The Hall–Kier alpha value is -3.39. The van der Waals surface area contributed by atoms with Crippen LogP contribution in [0.15, 0.2) is 53.6 Å². The standard InChI is InChI=1S/C22H23ClN8/c1-2-3-8-20-26-19(13-25-24)21(23)31(20)14-15-9-11-16(12-10-15)17-6-4-5-7-18(17)22-27-29-30-28-22/h4-7,9-12,24H,2-3,8,13-14H2,1H3,(H,27,28,29,30). The molecule has 0 saturated heterocycles. The fourth-order valence-electron chi connectivity index (χ4n) is 3.58. The highest BCUT2D eigenvalue weighted by Gasteiger charge is 2.16. The fourth-order valence-corrected chi connectivity index (χ4v) is 3.84. The molecule has 2 heterocycles. The summed E-state index contributed by atoms with van der Waals surface area (Å²) in [5.41, 5.74) is 12.0. The first kappa shape index (κ1) is 20.9. The Bertz CT molecular complexity index is 1150. The molecule has 0 amide bonds. The number of rotatable bonds is 9. The molecular weight excluding hydrogens is 412 g/mol. The van der Waals surface area contributed by atoms with E-state index >= 15 is 0 Å². The van der Waals surface area contributed by atoms with E-state index in [1.54, 1.807) is 0 Å². The van der Waals surface area contributed by atoms with Crippen LogP contribution >= 0.6 is 11.6 Å². The van der Waals surface area contributed by atoms with Crippen molar-refractivity contribution in [3.8, 4) is 22.5 Å². The maximum absolute atomic E-state index is 7.15. The van der Waals surface area contributed by atoms with Gasteiger partial charge in [-0.15, -0.1) is 5.10 Å². The van der Waals surface area contributed by atoms with Crippen LogP contribution in [0.1, 0.15) is 36.8 Å². The van der Waals surface area contributed by atoms with Gasteiger partial charge in [0.15, 0.2) is 5.82 Å². The van der Waals surface area contributed by atoms with Gasteiger partial charge in [-0.25, -0.2) is 15.6 Å². The molecule has 2 aromatic carbocycles. The predicted octanol–water partition coefficient (Wildman–Crippen LogP) is 5.31. The smallest absolute Gasteiger partial charge is 0.180 e. The number of aryl methyl sites for hydroxylation is 1. The summed E-state index contributed by atoms with van der Waals surface area (Å²) in [6.07, 6.45) is 2.97. The molecule has 0 aliphatic rings.